The Kier molecular flexibility index (Phi) is 6.17. The molecule has 4 rings (SSSR count). The van der Waals surface area contributed by atoms with Gasteiger partial charge in [0.1, 0.15) is 18.1 Å². The van der Waals surface area contributed by atoms with Crippen molar-refractivity contribution in [3.63, 3.8) is 0 Å². The molecule has 0 unspecified atom stereocenters. The number of methoxy groups -OCH3 is 1. The van der Waals surface area contributed by atoms with Gasteiger partial charge in [-0.2, -0.15) is 4.52 Å². The Balaban J connectivity index is 1.32. The first-order valence-corrected chi connectivity index (χ1v) is 9.52. The highest BCUT2D eigenvalue weighted by atomic mass is 16.5. The number of amides is 1. The van der Waals surface area contributed by atoms with Gasteiger partial charge in [-0.1, -0.05) is 12.1 Å². The lowest BCUT2D eigenvalue weighted by molar-refractivity contribution is -0.123. The molecule has 31 heavy (non-hydrogen) atoms. The van der Waals surface area contributed by atoms with E-state index >= 15 is 0 Å². The van der Waals surface area contributed by atoms with Gasteiger partial charge in [-0.05, 0) is 30.3 Å². The summed E-state index contributed by atoms with van der Waals surface area (Å²) in [5.41, 5.74) is 1.41. The molecule has 3 heterocycles. The van der Waals surface area contributed by atoms with Crippen LogP contribution in [0.5, 0.6) is 17.4 Å². The third kappa shape index (κ3) is 5.04. The van der Waals surface area contributed by atoms with Crippen LogP contribution in [0.4, 0.5) is 0 Å². The average Bonchev–Trinajstić information content (AvgIpc) is 3.24. The fourth-order valence-corrected chi connectivity index (χ4v) is 2.77. The molecule has 3 aromatic heterocycles. The Morgan fingerprint density at radius 2 is 1.97 bits per heavy atom. The topological polar surface area (TPSA) is 113 Å². The smallest absolute Gasteiger partial charge is 0.258 e. The molecule has 0 aliphatic carbocycles. The van der Waals surface area contributed by atoms with E-state index in [1.54, 1.807) is 48.3 Å². The molecule has 0 aliphatic heterocycles. The van der Waals surface area contributed by atoms with E-state index in [-0.39, 0.29) is 19.1 Å². The fourth-order valence-electron chi connectivity index (χ4n) is 2.77. The molecule has 0 radical (unpaired) electrons. The molecule has 1 amide bonds. The number of aromatic nitrogens is 5. The summed E-state index contributed by atoms with van der Waals surface area (Å²) in [5, 5.41) is 15.5. The van der Waals surface area contributed by atoms with Crippen LogP contribution in [-0.4, -0.2) is 57.6 Å². The minimum absolute atomic E-state index is 0.0967. The number of fused-ring (bicyclic) bond motifs is 1. The maximum Gasteiger partial charge on any atom is 0.258 e. The molecule has 10 nitrogen and oxygen atoms in total. The summed E-state index contributed by atoms with van der Waals surface area (Å²) in [6.07, 6.45) is 3.18. The summed E-state index contributed by atoms with van der Waals surface area (Å²) in [4.78, 5) is 15.8. The lowest BCUT2D eigenvalue weighted by atomic mass is 10.2. The number of nitrogens with zero attached hydrogens (tertiary/aromatic N) is 5. The first-order chi connectivity index (χ1) is 15.2. The van der Waals surface area contributed by atoms with Gasteiger partial charge in [0.2, 0.25) is 5.88 Å². The molecule has 1 N–H and O–H groups in total. The number of hydrogen-bond acceptors (Lipinski definition) is 8. The summed E-state index contributed by atoms with van der Waals surface area (Å²) in [5.74, 6) is 1.95. The summed E-state index contributed by atoms with van der Waals surface area (Å²) in [6, 6.07) is 14.4. The number of ether oxygens (including phenoxy) is 3. The molecular formula is C21H20N6O4. The highest BCUT2D eigenvalue weighted by molar-refractivity contribution is 5.77. The quantitative estimate of drug-likeness (QED) is 0.408. The van der Waals surface area contributed by atoms with E-state index in [1.165, 1.54) is 0 Å². The zero-order valence-electron chi connectivity index (χ0n) is 16.8. The molecule has 0 fully saturated rings. The largest absolute Gasteiger partial charge is 0.497 e. The highest BCUT2D eigenvalue weighted by Gasteiger charge is 2.11. The fraction of sp³-hybridized carbons (Fsp3) is 0.190. The zero-order chi connectivity index (χ0) is 21.5. The van der Waals surface area contributed by atoms with Crippen LogP contribution in [0.25, 0.3) is 17.0 Å². The normalized spacial score (nSPS) is 10.6. The van der Waals surface area contributed by atoms with Crippen molar-refractivity contribution < 1.29 is 19.0 Å². The van der Waals surface area contributed by atoms with Crippen molar-refractivity contribution in [3.05, 3.63) is 60.9 Å². The number of benzene rings is 1. The number of nitrogens with one attached hydrogen (secondary N) is 1. The molecule has 0 bridgehead atoms. The third-order valence-electron chi connectivity index (χ3n) is 4.24. The van der Waals surface area contributed by atoms with Crippen LogP contribution in [-0.2, 0) is 4.79 Å². The SMILES string of the molecule is COc1cccc(-c2nnc3ccc(OCCNC(=O)COc4cccnc4)nn23)c1. The van der Waals surface area contributed by atoms with Crippen molar-refractivity contribution in [3.8, 4) is 28.8 Å². The van der Waals surface area contributed by atoms with E-state index in [9.17, 15) is 4.79 Å². The van der Waals surface area contributed by atoms with E-state index in [2.05, 4.69) is 25.6 Å². The Morgan fingerprint density at radius 1 is 1.06 bits per heavy atom. The van der Waals surface area contributed by atoms with E-state index < -0.39 is 0 Å². The Bertz CT molecular complexity index is 1160. The van der Waals surface area contributed by atoms with Crippen LogP contribution >= 0.6 is 0 Å². The van der Waals surface area contributed by atoms with Gasteiger partial charge in [-0.25, -0.2) is 0 Å². The summed E-state index contributed by atoms with van der Waals surface area (Å²) >= 11 is 0. The third-order valence-corrected chi connectivity index (χ3v) is 4.24. The van der Waals surface area contributed by atoms with E-state index in [0.29, 0.717) is 35.4 Å². The maximum absolute atomic E-state index is 11.9. The molecule has 0 saturated heterocycles. The molecule has 0 aliphatic rings. The molecule has 4 aromatic rings. The molecule has 1 aromatic carbocycles. The van der Waals surface area contributed by atoms with Gasteiger partial charge in [0.15, 0.2) is 18.1 Å². The Hall–Kier alpha value is -4.21. The van der Waals surface area contributed by atoms with Gasteiger partial charge >= 0.3 is 0 Å². The molecule has 0 spiro atoms. The number of carbonyl (C=O) groups is 1. The second kappa shape index (κ2) is 9.53. The number of hydrogen-bond donors (Lipinski definition) is 1. The van der Waals surface area contributed by atoms with Crippen molar-refractivity contribution in [2.24, 2.45) is 0 Å². The molecule has 10 heteroatoms. The van der Waals surface area contributed by atoms with Crippen molar-refractivity contribution in [1.82, 2.24) is 30.1 Å². The van der Waals surface area contributed by atoms with Crippen LogP contribution in [0.3, 0.4) is 0 Å². The standard InChI is InChI=1S/C21H20N6O4/c1-29-16-5-2-4-15(12-16)21-25-24-18-7-8-20(26-27(18)21)30-11-10-23-19(28)14-31-17-6-3-9-22-13-17/h2-9,12-13H,10-11,14H2,1H3,(H,23,28). The van der Waals surface area contributed by atoms with E-state index in [4.69, 9.17) is 14.2 Å². The van der Waals surface area contributed by atoms with Gasteiger partial charge in [-0.3, -0.25) is 9.78 Å². The minimum atomic E-state index is -0.255. The lowest BCUT2D eigenvalue weighted by Gasteiger charge is -2.08. The predicted octanol–water partition coefficient (Wildman–Crippen LogP) is 1.77. The van der Waals surface area contributed by atoms with Crippen LogP contribution < -0.4 is 19.5 Å². The van der Waals surface area contributed by atoms with Gasteiger partial charge < -0.3 is 19.5 Å². The Morgan fingerprint density at radius 3 is 2.81 bits per heavy atom. The molecule has 0 saturated carbocycles. The molecular weight excluding hydrogens is 400 g/mol. The summed E-state index contributed by atoms with van der Waals surface area (Å²) < 4.78 is 17.9. The lowest BCUT2D eigenvalue weighted by Crippen LogP contribution is -2.32. The first kappa shape index (κ1) is 20.1. The molecule has 0 atom stereocenters. The average molecular weight is 420 g/mol. The monoisotopic (exact) mass is 420 g/mol. The van der Waals surface area contributed by atoms with Crippen molar-refractivity contribution in [2.45, 2.75) is 0 Å². The predicted molar refractivity (Wildman–Crippen MR) is 111 cm³/mol. The van der Waals surface area contributed by atoms with Crippen LogP contribution in [0, 0.1) is 0 Å². The van der Waals surface area contributed by atoms with Gasteiger partial charge in [0.05, 0.1) is 19.9 Å². The van der Waals surface area contributed by atoms with E-state index in [1.807, 2.05) is 24.3 Å². The van der Waals surface area contributed by atoms with Crippen LogP contribution in [0.15, 0.2) is 60.9 Å². The maximum atomic E-state index is 11.9. The van der Waals surface area contributed by atoms with Crippen molar-refractivity contribution >= 4 is 11.6 Å². The minimum Gasteiger partial charge on any atom is -0.497 e. The zero-order valence-corrected chi connectivity index (χ0v) is 16.8. The van der Waals surface area contributed by atoms with Crippen molar-refractivity contribution in [1.29, 1.82) is 0 Å². The second-order valence-electron chi connectivity index (χ2n) is 6.37. The number of rotatable bonds is 9. The van der Waals surface area contributed by atoms with Crippen molar-refractivity contribution in [2.75, 3.05) is 26.9 Å². The second-order valence-corrected chi connectivity index (χ2v) is 6.37. The number of carbonyl (C=O) groups excluding carboxylic acids is 1. The van der Waals surface area contributed by atoms with Gasteiger partial charge in [0, 0.05) is 17.8 Å². The number of pyridine rings is 1. The molecule has 158 valence electrons. The summed E-state index contributed by atoms with van der Waals surface area (Å²) in [6.45, 7) is 0.453. The van der Waals surface area contributed by atoms with E-state index in [0.717, 1.165) is 5.56 Å². The van der Waals surface area contributed by atoms with Gasteiger partial charge in [0.25, 0.3) is 5.91 Å². The van der Waals surface area contributed by atoms with Gasteiger partial charge in [-0.15, -0.1) is 15.3 Å². The highest BCUT2D eigenvalue weighted by Crippen LogP contribution is 2.23. The summed E-state index contributed by atoms with van der Waals surface area (Å²) in [7, 11) is 1.61. The first-order valence-electron chi connectivity index (χ1n) is 9.52. The van der Waals surface area contributed by atoms with Crippen LogP contribution in [0.2, 0.25) is 0 Å². The Labute approximate surface area is 177 Å². The van der Waals surface area contributed by atoms with Crippen LogP contribution in [0.1, 0.15) is 0 Å².